The number of benzene rings is 1. The third kappa shape index (κ3) is 3.12. The van der Waals surface area contributed by atoms with Crippen LogP contribution in [0, 0.1) is 5.92 Å². The lowest BCUT2D eigenvalue weighted by atomic mass is 9.80. The highest BCUT2D eigenvalue weighted by Crippen LogP contribution is 2.44. The molecule has 1 aromatic rings. The van der Waals surface area contributed by atoms with Crippen LogP contribution in [0.15, 0.2) is 27.1 Å². The quantitative estimate of drug-likeness (QED) is 0.759. The SMILES string of the molecule is OC(c1ccc(Br)c(Br)c1)C1CCOC2(CCSC2)C1. The molecule has 0 saturated carbocycles. The van der Waals surface area contributed by atoms with Gasteiger partial charge in [-0.3, -0.25) is 0 Å². The van der Waals surface area contributed by atoms with Crippen molar-refractivity contribution in [2.24, 2.45) is 5.92 Å². The third-order valence-electron chi connectivity index (χ3n) is 4.33. The summed E-state index contributed by atoms with van der Waals surface area (Å²) in [6.07, 6.45) is 2.66. The molecule has 2 aliphatic heterocycles. The van der Waals surface area contributed by atoms with Crippen molar-refractivity contribution in [3.8, 4) is 0 Å². The molecule has 1 N–H and O–H groups in total. The van der Waals surface area contributed by atoms with Crippen LogP contribution in [0.5, 0.6) is 0 Å². The Morgan fingerprint density at radius 3 is 2.90 bits per heavy atom. The van der Waals surface area contributed by atoms with E-state index in [2.05, 4.69) is 31.9 Å². The predicted molar refractivity (Wildman–Crippen MR) is 90.2 cm³/mol. The van der Waals surface area contributed by atoms with Gasteiger partial charge in [-0.15, -0.1) is 0 Å². The van der Waals surface area contributed by atoms with E-state index in [1.54, 1.807) is 0 Å². The minimum atomic E-state index is -0.397. The maximum atomic E-state index is 10.7. The zero-order valence-electron chi connectivity index (χ0n) is 11.1. The molecule has 0 radical (unpaired) electrons. The van der Waals surface area contributed by atoms with Gasteiger partial charge < -0.3 is 9.84 Å². The molecule has 3 atom stereocenters. The molecule has 20 heavy (non-hydrogen) atoms. The number of aliphatic hydroxyl groups is 1. The first-order chi connectivity index (χ1) is 9.60. The summed E-state index contributed by atoms with van der Waals surface area (Å²) in [5, 5.41) is 10.7. The van der Waals surface area contributed by atoms with E-state index in [1.165, 1.54) is 5.75 Å². The van der Waals surface area contributed by atoms with Crippen LogP contribution in [0.2, 0.25) is 0 Å². The fraction of sp³-hybridized carbons (Fsp3) is 0.600. The Kier molecular flexibility index (Phi) is 4.83. The molecule has 2 aliphatic rings. The molecule has 3 rings (SSSR count). The molecule has 3 unspecified atom stereocenters. The topological polar surface area (TPSA) is 29.5 Å². The first kappa shape index (κ1) is 15.3. The number of aliphatic hydroxyl groups excluding tert-OH is 1. The maximum absolute atomic E-state index is 10.7. The van der Waals surface area contributed by atoms with Crippen molar-refractivity contribution in [1.29, 1.82) is 0 Å². The van der Waals surface area contributed by atoms with Crippen LogP contribution >= 0.6 is 43.6 Å². The van der Waals surface area contributed by atoms with Crippen LogP contribution in [0.4, 0.5) is 0 Å². The Labute approximate surface area is 140 Å². The maximum Gasteiger partial charge on any atom is 0.0820 e. The Morgan fingerprint density at radius 1 is 1.35 bits per heavy atom. The van der Waals surface area contributed by atoms with Crippen molar-refractivity contribution >= 4 is 43.6 Å². The molecule has 2 fully saturated rings. The summed E-state index contributed by atoms with van der Waals surface area (Å²) >= 11 is 8.96. The molecule has 1 spiro atoms. The zero-order chi connectivity index (χ0) is 14.2. The summed E-state index contributed by atoms with van der Waals surface area (Å²) < 4.78 is 8.05. The second-order valence-corrected chi connectivity index (χ2v) is 8.52. The molecule has 2 heterocycles. The molecule has 5 heteroatoms. The third-order valence-corrected chi connectivity index (χ3v) is 7.43. The van der Waals surface area contributed by atoms with Crippen LogP contribution in [0.3, 0.4) is 0 Å². The highest BCUT2D eigenvalue weighted by atomic mass is 79.9. The summed E-state index contributed by atoms with van der Waals surface area (Å²) in [5.74, 6) is 2.57. The molecular weight excluding hydrogens is 404 g/mol. The molecule has 0 bridgehead atoms. The number of halogens is 2. The summed E-state index contributed by atoms with van der Waals surface area (Å²) in [6, 6.07) is 6.01. The van der Waals surface area contributed by atoms with Crippen LogP contribution in [0.25, 0.3) is 0 Å². The first-order valence-electron chi connectivity index (χ1n) is 6.94. The van der Waals surface area contributed by atoms with Crippen LogP contribution in [-0.2, 0) is 4.74 Å². The molecule has 110 valence electrons. The van der Waals surface area contributed by atoms with Crippen molar-refractivity contribution in [2.45, 2.75) is 31.0 Å². The smallest absolute Gasteiger partial charge is 0.0820 e. The summed E-state index contributed by atoms with van der Waals surface area (Å²) in [4.78, 5) is 0. The van der Waals surface area contributed by atoms with Crippen molar-refractivity contribution in [3.63, 3.8) is 0 Å². The van der Waals surface area contributed by atoms with Gasteiger partial charge in [-0.2, -0.15) is 11.8 Å². The van der Waals surface area contributed by atoms with E-state index in [-0.39, 0.29) is 5.60 Å². The number of ether oxygens (including phenoxy) is 1. The van der Waals surface area contributed by atoms with Crippen LogP contribution < -0.4 is 0 Å². The van der Waals surface area contributed by atoms with Crippen molar-refractivity contribution < 1.29 is 9.84 Å². The zero-order valence-corrected chi connectivity index (χ0v) is 15.1. The number of hydrogen-bond acceptors (Lipinski definition) is 3. The Balaban J connectivity index is 1.75. The minimum absolute atomic E-state index is 0.0289. The van der Waals surface area contributed by atoms with Gasteiger partial charge >= 0.3 is 0 Å². The van der Waals surface area contributed by atoms with Crippen molar-refractivity contribution in [2.75, 3.05) is 18.1 Å². The number of rotatable bonds is 2. The highest BCUT2D eigenvalue weighted by molar-refractivity contribution is 9.13. The lowest BCUT2D eigenvalue weighted by molar-refractivity contribution is -0.102. The molecule has 0 amide bonds. The van der Waals surface area contributed by atoms with Gasteiger partial charge in [0.05, 0.1) is 11.7 Å². The normalized spacial score (nSPS) is 31.6. The fourth-order valence-corrected chi connectivity index (χ4v) is 5.19. The van der Waals surface area contributed by atoms with E-state index in [0.717, 1.165) is 46.1 Å². The monoisotopic (exact) mass is 420 g/mol. The summed E-state index contributed by atoms with van der Waals surface area (Å²) in [7, 11) is 0. The second kappa shape index (κ2) is 6.29. The van der Waals surface area contributed by atoms with E-state index >= 15 is 0 Å². The minimum Gasteiger partial charge on any atom is -0.388 e. The number of thioether (sulfide) groups is 1. The van der Waals surface area contributed by atoms with Gasteiger partial charge in [0.1, 0.15) is 0 Å². The van der Waals surface area contributed by atoms with E-state index < -0.39 is 6.10 Å². The summed E-state index contributed by atoms with van der Waals surface area (Å²) in [5.41, 5.74) is 1.02. The van der Waals surface area contributed by atoms with Gasteiger partial charge in [-0.25, -0.2) is 0 Å². The Morgan fingerprint density at radius 2 is 2.20 bits per heavy atom. The van der Waals surface area contributed by atoms with Crippen molar-refractivity contribution in [3.05, 3.63) is 32.7 Å². The van der Waals surface area contributed by atoms with Gasteiger partial charge in [-0.05, 0) is 80.5 Å². The lowest BCUT2D eigenvalue weighted by Crippen LogP contribution is -2.41. The van der Waals surface area contributed by atoms with Gasteiger partial charge in [-0.1, -0.05) is 6.07 Å². The largest absolute Gasteiger partial charge is 0.388 e. The first-order valence-corrected chi connectivity index (χ1v) is 9.68. The molecule has 2 saturated heterocycles. The van der Waals surface area contributed by atoms with Crippen molar-refractivity contribution in [1.82, 2.24) is 0 Å². The fourth-order valence-electron chi connectivity index (χ4n) is 3.17. The standard InChI is InChI=1S/C15H18Br2O2S/c16-12-2-1-10(7-13(12)17)14(18)11-3-5-19-15(8-11)4-6-20-9-15/h1-2,7,11,14,18H,3-6,8-9H2. The van der Waals surface area contributed by atoms with Gasteiger partial charge in [0.15, 0.2) is 0 Å². The van der Waals surface area contributed by atoms with Gasteiger partial charge in [0.25, 0.3) is 0 Å². The molecule has 0 aliphatic carbocycles. The van der Waals surface area contributed by atoms with E-state index in [0.29, 0.717) is 5.92 Å². The lowest BCUT2D eigenvalue weighted by Gasteiger charge is -2.39. The van der Waals surface area contributed by atoms with Crippen LogP contribution in [-0.4, -0.2) is 28.8 Å². The Bertz CT molecular complexity index is 489. The Hall–Kier alpha value is 0.450. The molecule has 2 nitrogen and oxygen atoms in total. The average Bonchev–Trinajstić information content (AvgIpc) is 2.89. The van der Waals surface area contributed by atoms with E-state index in [9.17, 15) is 5.11 Å². The summed E-state index contributed by atoms with van der Waals surface area (Å²) in [6.45, 7) is 0.778. The van der Waals surface area contributed by atoms with E-state index in [1.807, 2.05) is 30.0 Å². The molecule has 0 aromatic heterocycles. The van der Waals surface area contributed by atoms with Crippen LogP contribution in [0.1, 0.15) is 30.9 Å². The second-order valence-electron chi connectivity index (χ2n) is 5.71. The molecule has 1 aromatic carbocycles. The highest BCUT2D eigenvalue weighted by Gasteiger charge is 2.42. The van der Waals surface area contributed by atoms with Gasteiger partial charge in [0, 0.05) is 21.3 Å². The number of hydrogen-bond donors (Lipinski definition) is 1. The van der Waals surface area contributed by atoms with E-state index in [4.69, 9.17) is 4.74 Å². The van der Waals surface area contributed by atoms with Gasteiger partial charge in [0.2, 0.25) is 0 Å². The molecular formula is C15H18Br2O2S. The average molecular weight is 422 g/mol. The predicted octanol–water partition coefficient (Wildman–Crippen LogP) is 4.55.